The molecule has 0 unspecified atom stereocenters. The van der Waals surface area contributed by atoms with E-state index in [9.17, 15) is 4.79 Å². The van der Waals surface area contributed by atoms with E-state index in [2.05, 4.69) is 5.32 Å². The van der Waals surface area contributed by atoms with Crippen molar-refractivity contribution in [3.05, 3.63) is 54.0 Å². The Bertz CT molecular complexity index is 491. The Morgan fingerprint density at radius 2 is 2.12 bits per heavy atom. The number of para-hydroxylation sites is 1. The molecule has 1 aromatic carbocycles. The Hall–Kier alpha value is -2.23. The van der Waals surface area contributed by atoms with Crippen LogP contribution in [0.3, 0.4) is 0 Å². The van der Waals surface area contributed by atoms with E-state index in [4.69, 9.17) is 9.15 Å². The molecular weight excluding hydrogens is 218 g/mol. The molecule has 0 aliphatic heterocycles. The molecule has 0 aliphatic carbocycles. The van der Waals surface area contributed by atoms with Gasteiger partial charge in [0.2, 0.25) is 0 Å². The van der Waals surface area contributed by atoms with E-state index in [1.165, 1.54) is 6.26 Å². The number of furan rings is 1. The zero-order valence-corrected chi connectivity index (χ0v) is 9.47. The first-order valence-corrected chi connectivity index (χ1v) is 5.25. The molecule has 1 N–H and O–H groups in total. The zero-order chi connectivity index (χ0) is 12.1. The summed E-state index contributed by atoms with van der Waals surface area (Å²) in [5.41, 5.74) is 0.926. The minimum Gasteiger partial charge on any atom is -0.496 e. The van der Waals surface area contributed by atoms with Crippen LogP contribution in [-0.4, -0.2) is 13.0 Å². The molecule has 0 atom stereocenters. The topological polar surface area (TPSA) is 51.5 Å². The maximum atomic E-state index is 11.6. The fraction of sp³-hybridized carbons (Fsp3) is 0.154. The molecular formula is C13H13NO3. The van der Waals surface area contributed by atoms with E-state index in [0.29, 0.717) is 12.3 Å². The van der Waals surface area contributed by atoms with Gasteiger partial charge in [-0.05, 0) is 18.2 Å². The van der Waals surface area contributed by atoms with Gasteiger partial charge in [-0.1, -0.05) is 18.2 Å². The van der Waals surface area contributed by atoms with Crippen molar-refractivity contribution in [3.8, 4) is 5.75 Å². The van der Waals surface area contributed by atoms with Crippen LogP contribution in [0.4, 0.5) is 0 Å². The third kappa shape index (κ3) is 2.66. The highest BCUT2D eigenvalue weighted by atomic mass is 16.5. The quantitative estimate of drug-likeness (QED) is 0.877. The molecule has 0 radical (unpaired) electrons. The molecule has 2 rings (SSSR count). The van der Waals surface area contributed by atoms with Crippen LogP contribution in [0.15, 0.2) is 47.1 Å². The first-order valence-electron chi connectivity index (χ1n) is 5.25. The maximum Gasteiger partial charge on any atom is 0.287 e. The summed E-state index contributed by atoms with van der Waals surface area (Å²) in [5, 5.41) is 2.76. The maximum absolute atomic E-state index is 11.6. The SMILES string of the molecule is COc1ccccc1CNC(=O)c1ccco1. The standard InChI is InChI=1S/C13H13NO3/c1-16-11-6-3-2-5-10(11)9-14-13(15)12-7-4-8-17-12/h2-8H,9H2,1H3,(H,14,15). The monoisotopic (exact) mass is 231 g/mol. The van der Waals surface area contributed by atoms with Gasteiger partial charge < -0.3 is 14.5 Å². The Balaban J connectivity index is 2.00. The van der Waals surface area contributed by atoms with Crippen LogP contribution >= 0.6 is 0 Å². The number of nitrogens with one attached hydrogen (secondary N) is 1. The number of benzene rings is 1. The second kappa shape index (κ2) is 5.21. The summed E-state index contributed by atoms with van der Waals surface area (Å²) in [7, 11) is 1.60. The smallest absolute Gasteiger partial charge is 0.287 e. The molecule has 4 nitrogen and oxygen atoms in total. The van der Waals surface area contributed by atoms with Crippen LogP contribution in [0.5, 0.6) is 5.75 Å². The van der Waals surface area contributed by atoms with Gasteiger partial charge in [-0.3, -0.25) is 4.79 Å². The molecule has 0 saturated heterocycles. The van der Waals surface area contributed by atoms with Gasteiger partial charge in [0.15, 0.2) is 5.76 Å². The van der Waals surface area contributed by atoms with Gasteiger partial charge in [0.05, 0.1) is 13.4 Å². The molecule has 88 valence electrons. The van der Waals surface area contributed by atoms with E-state index in [1.54, 1.807) is 19.2 Å². The first kappa shape index (κ1) is 11.3. The predicted octanol–water partition coefficient (Wildman–Crippen LogP) is 2.22. The van der Waals surface area contributed by atoms with E-state index in [-0.39, 0.29) is 5.91 Å². The lowest BCUT2D eigenvalue weighted by molar-refractivity contribution is 0.0923. The summed E-state index contributed by atoms with van der Waals surface area (Å²) in [6.45, 7) is 0.406. The number of hydrogen-bond donors (Lipinski definition) is 1. The highest BCUT2D eigenvalue weighted by Gasteiger charge is 2.09. The summed E-state index contributed by atoms with van der Waals surface area (Å²) in [6, 6.07) is 10.8. The molecule has 0 aliphatic rings. The summed E-state index contributed by atoms with van der Waals surface area (Å²) in [5.74, 6) is 0.827. The summed E-state index contributed by atoms with van der Waals surface area (Å²) < 4.78 is 10.2. The van der Waals surface area contributed by atoms with E-state index < -0.39 is 0 Å². The van der Waals surface area contributed by atoms with E-state index >= 15 is 0 Å². The van der Waals surface area contributed by atoms with Gasteiger partial charge in [0.1, 0.15) is 5.75 Å². The number of ether oxygens (including phenoxy) is 1. The highest BCUT2D eigenvalue weighted by molar-refractivity contribution is 5.91. The lowest BCUT2D eigenvalue weighted by Crippen LogP contribution is -2.22. The number of rotatable bonds is 4. The summed E-state index contributed by atoms with van der Waals surface area (Å²) in [6.07, 6.45) is 1.47. The lowest BCUT2D eigenvalue weighted by atomic mass is 10.2. The Labute approximate surface area is 99.2 Å². The molecule has 2 aromatic rings. The minimum atomic E-state index is -0.235. The van der Waals surface area contributed by atoms with Gasteiger partial charge in [0, 0.05) is 12.1 Å². The Morgan fingerprint density at radius 3 is 2.82 bits per heavy atom. The lowest BCUT2D eigenvalue weighted by Gasteiger charge is -2.08. The molecule has 0 bridgehead atoms. The number of hydrogen-bond acceptors (Lipinski definition) is 3. The van der Waals surface area contributed by atoms with Crippen molar-refractivity contribution in [2.45, 2.75) is 6.54 Å². The van der Waals surface area contributed by atoms with Crippen molar-refractivity contribution in [1.82, 2.24) is 5.32 Å². The van der Waals surface area contributed by atoms with E-state index in [1.807, 2.05) is 24.3 Å². The van der Waals surface area contributed by atoms with Crippen molar-refractivity contribution in [2.75, 3.05) is 7.11 Å². The Kier molecular flexibility index (Phi) is 3.45. The molecule has 17 heavy (non-hydrogen) atoms. The number of carbonyl (C=O) groups is 1. The van der Waals surface area contributed by atoms with Crippen LogP contribution in [0.2, 0.25) is 0 Å². The van der Waals surface area contributed by atoms with Crippen LogP contribution in [0.25, 0.3) is 0 Å². The van der Waals surface area contributed by atoms with Crippen LogP contribution in [0.1, 0.15) is 16.1 Å². The highest BCUT2D eigenvalue weighted by Crippen LogP contribution is 2.16. The van der Waals surface area contributed by atoms with Gasteiger partial charge in [-0.2, -0.15) is 0 Å². The third-order valence-corrected chi connectivity index (χ3v) is 2.38. The minimum absolute atomic E-state index is 0.235. The molecule has 0 fully saturated rings. The summed E-state index contributed by atoms with van der Waals surface area (Å²) >= 11 is 0. The van der Waals surface area contributed by atoms with Gasteiger partial charge in [-0.25, -0.2) is 0 Å². The zero-order valence-electron chi connectivity index (χ0n) is 9.47. The van der Waals surface area contributed by atoms with Crippen molar-refractivity contribution < 1.29 is 13.9 Å². The molecule has 1 aromatic heterocycles. The summed E-state index contributed by atoms with van der Waals surface area (Å²) in [4.78, 5) is 11.6. The number of methoxy groups -OCH3 is 1. The average Bonchev–Trinajstić information content (AvgIpc) is 2.90. The fourth-order valence-electron chi connectivity index (χ4n) is 1.52. The van der Waals surface area contributed by atoms with Crippen LogP contribution < -0.4 is 10.1 Å². The molecule has 0 spiro atoms. The fourth-order valence-corrected chi connectivity index (χ4v) is 1.52. The second-order valence-corrected chi connectivity index (χ2v) is 3.47. The van der Waals surface area contributed by atoms with Crippen molar-refractivity contribution >= 4 is 5.91 Å². The molecule has 0 saturated carbocycles. The third-order valence-electron chi connectivity index (χ3n) is 2.38. The molecule has 4 heteroatoms. The molecule has 1 heterocycles. The van der Waals surface area contributed by atoms with Gasteiger partial charge >= 0.3 is 0 Å². The largest absolute Gasteiger partial charge is 0.496 e. The first-order chi connectivity index (χ1) is 8.31. The Morgan fingerprint density at radius 1 is 1.29 bits per heavy atom. The molecule has 1 amide bonds. The van der Waals surface area contributed by atoms with E-state index in [0.717, 1.165) is 11.3 Å². The van der Waals surface area contributed by atoms with Crippen molar-refractivity contribution in [2.24, 2.45) is 0 Å². The normalized spacial score (nSPS) is 9.94. The van der Waals surface area contributed by atoms with Crippen LogP contribution in [-0.2, 0) is 6.54 Å². The number of amides is 1. The predicted molar refractivity (Wildman–Crippen MR) is 62.9 cm³/mol. The number of carbonyl (C=O) groups excluding carboxylic acids is 1. The van der Waals surface area contributed by atoms with Gasteiger partial charge in [-0.15, -0.1) is 0 Å². The second-order valence-electron chi connectivity index (χ2n) is 3.47. The van der Waals surface area contributed by atoms with Crippen molar-refractivity contribution in [1.29, 1.82) is 0 Å². The van der Waals surface area contributed by atoms with Crippen LogP contribution in [0, 0.1) is 0 Å². The van der Waals surface area contributed by atoms with Gasteiger partial charge in [0.25, 0.3) is 5.91 Å². The van der Waals surface area contributed by atoms with Crippen molar-refractivity contribution in [3.63, 3.8) is 0 Å². The average molecular weight is 231 g/mol.